The van der Waals surface area contributed by atoms with Crippen molar-refractivity contribution in [2.45, 2.75) is 66.3 Å². The zero-order valence-corrected chi connectivity index (χ0v) is 24.2. The van der Waals surface area contributed by atoms with Crippen molar-refractivity contribution in [2.75, 3.05) is 39.4 Å². The van der Waals surface area contributed by atoms with E-state index in [-0.39, 0.29) is 11.3 Å². The molecule has 2 aromatic carbocycles. The number of nitrogens with zero attached hydrogens (tertiary/aromatic N) is 2. The third-order valence-electron chi connectivity index (χ3n) is 7.21. The molecule has 39 heavy (non-hydrogen) atoms. The highest BCUT2D eigenvalue weighted by Gasteiger charge is 2.46. The number of ketones is 1. The average molecular weight is 537 g/mol. The number of Topliss-reactive ketones (excluding diaryl/α,β-unsaturated/α-hetero) is 1. The number of likely N-dealkylation sites (N-methyl/N-ethyl adjacent to an activating group) is 1. The van der Waals surface area contributed by atoms with Crippen LogP contribution in [0.25, 0.3) is 5.76 Å². The zero-order valence-electron chi connectivity index (χ0n) is 24.2. The summed E-state index contributed by atoms with van der Waals surface area (Å²) >= 11 is 0. The summed E-state index contributed by atoms with van der Waals surface area (Å²) in [6, 6.07) is 12.2. The molecule has 7 heteroatoms. The van der Waals surface area contributed by atoms with E-state index in [2.05, 4.69) is 25.7 Å². The molecule has 1 saturated heterocycles. The van der Waals surface area contributed by atoms with Crippen molar-refractivity contribution in [3.63, 3.8) is 0 Å². The lowest BCUT2D eigenvalue weighted by Crippen LogP contribution is -2.38. The maximum atomic E-state index is 13.4. The van der Waals surface area contributed by atoms with Crippen LogP contribution in [-0.2, 0) is 9.59 Å². The molecule has 1 unspecified atom stereocenters. The average Bonchev–Trinajstić information content (AvgIpc) is 3.20. The van der Waals surface area contributed by atoms with Crippen LogP contribution in [0, 0.1) is 6.92 Å². The zero-order chi connectivity index (χ0) is 28.4. The summed E-state index contributed by atoms with van der Waals surface area (Å²) in [7, 11) is 0. The minimum atomic E-state index is -0.689. The molecule has 0 aromatic heterocycles. The van der Waals surface area contributed by atoms with Gasteiger partial charge in [0, 0.05) is 18.7 Å². The quantitative estimate of drug-likeness (QED) is 0.128. The van der Waals surface area contributed by atoms with Crippen molar-refractivity contribution in [3.05, 3.63) is 64.7 Å². The minimum absolute atomic E-state index is 0.109. The normalized spacial score (nSPS) is 16.8. The molecule has 1 heterocycles. The highest BCUT2D eigenvalue weighted by Crippen LogP contribution is 2.40. The van der Waals surface area contributed by atoms with Crippen molar-refractivity contribution in [2.24, 2.45) is 0 Å². The van der Waals surface area contributed by atoms with Gasteiger partial charge in [-0.05, 0) is 74.3 Å². The number of carbonyl (C=O) groups excluding carboxylic acids is 2. The van der Waals surface area contributed by atoms with Crippen molar-refractivity contribution in [1.29, 1.82) is 0 Å². The Balaban J connectivity index is 1.99. The molecule has 1 aliphatic heterocycles. The van der Waals surface area contributed by atoms with Crippen LogP contribution < -0.4 is 9.47 Å². The number of carbonyl (C=O) groups is 2. The number of rotatable bonds is 15. The van der Waals surface area contributed by atoms with Crippen LogP contribution in [-0.4, -0.2) is 66.0 Å². The smallest absolute Gasteiger partial charge is 0.295 e. The van der Waals surface area contributed by atoms with Gasteiger partial charge in [0.25, 0.3) is 11.7 Å². The molecule has 3 rings (SSSR count). The SMILES string of the molecule is CCCCCOc1ccc(C2C(=C(O)c3ccc(OCCC)c(C)c3)C(=O)C(=O)N2CCN(CC)CC)cc1. The predicted molar refractivity (Wildman–Crippen MR) is 155 cm³/mol. The first kappa shape index (κ1) is 30.2. The summed E-state index contributed by atoms with van der Waals surface area (Å²) in [5.74, 6) is 0.0511. The highest BCUT2D eigenvalue weighted by molar-refractivity contribution is 6.46. The van der Waals surface area contributed by atoms with E-state index in [0.717, 1.165) is 61.4 Å². The van der Waals surface area contributed by atoms with Crippen LogP contribution in [0.2, 0.25) is 0 Å². The van der Waals surface area contributed by atoms with Crippen molar-refractivity contribution in [1.82, 2.24) is 9.80 Å². The Kier molecular flexibility index (Phi) is 11.4. The summed E-state index contributed by atoms with van der Waals surface area (Å²) in [5, 5.41) is 11.4. The van der Waals surface area contributed by atoms with Gasteiger partial charge in [-0.3, -0.25) is 9.59 Å². The highest BCUT2D eigenvalue weighted by atomic mass is 16.5. The molecule has 0 bridgehead atoms. The van der Waals surface area contributed by atoms with Gasteiger partial charge in [-0.25, -0.2) is 0 Å². The number of aliphatic hydroxyl groups is 1. The van der Waals surface area contributed by atoms with Gasteiger partial charge >= 0.3 is 0 Å². The lowest BCUT2D eigenvalue weighted by molar-refractivity contribution is -0.140. The van der Waals surface area contributed by atoms with Crippen LogP contribution >= 0.6 is 0 Å². The monoisotopic (exact) mass is 536 g/mol. The lowest BCUT2D eigenvalue weighted by Gasteiger charge is -2.28. The Morgan fingerprint density at radius 3 is 2.26 bits per heavy atom. The van der Waals surface area contributed by atoms with Crippen LogP contribution in [0.5, 0.6) is 11.5 Å². The van der Waals surface area contributed by atoms with E-state index in [1.54, 1.807) is 23.1 Å². The molecule has 1 atom stereocenters. The fourth-order valence-corrected chi connectivity index (χ4v) is 4.86. The van der Waals surface area contributed by atoms with Gasteiger partial charge in [0.15, 0.2) is 0 Å². The molecule has 0 saturated carbocycles. The fourth-order valence-electron chi connectivity index (χ4n) is 4.86. The van der Waals surface area contributed by atoms with Gasteiger partial charge < -0.3 is 24.4 Å². The molecular weight excluding hydrogens is 492 g/mol. The topological polar surface area (TPSA) is 79.3 Å². The standard InChI is InChI=1S/C32H44N2O5/c1-6-10-11-21-38-26-15-12-24(13-16-26)29-28(31(36)32(37)34(29)19-18-33(8-3)9-4)30(35)25-14-17-27(23(5)22-25)39-20-7-2/h12-17,22,29,35H,6-11,18-21H2,1-5H3. The molecule has 1 N–H and O–H groups in total. The van der Waals surface area contributed by atoms with E-state index >= 15 is 0 Å². The Morgan fingerprint density at radius 1 is 0.923 bits per heavy atom. The van der Waals surface area contributed by atoms with Crippen molar-refractivity contribution in [3.8, 4) is 11.5 Å². The largest absolute Gasteiger partial charge is 0.507 e. The van der Waals surface area contributed by atoms with E-state index in [1.807, 2.05) is 38.1 Å². The van der Waals surface area contributed by atoms with Crippen molar-refractivity contribution >= 4 is 17.4 Å². The summed E-state index contributed by atoms with van der Waals surface area (Å²) in [4.78, 5) is 30.5. The maximum Gasteiger partial charge on any atom is 0.295 e. The number of ether oxygens (including phenoxy) is 2. The molecular formula is C32H44N2O5. The minimum Gasteiger partial charge on any atom is -0.507 e. The lowest BCUT2D eigenvalue weighted by atomic mass is 9.94. The van der Waals surface area contributed by atoms with E-state index in [9.17, 15) is 14.7 Å². The summed E-state index contributed by atoms with van der Waals surface area (Å²) in [5.41, 5.74) is 2.21. The molecule has 0 radical (unpaired) electrons. The van der Waals surface area contributed by atoms with Crippen LogP contribution in [0.3, 0.4) is 0 Å². The van der Waals surface area contributed by atoms with Gasteiger partial charge in [-0.15, -0.1) is 0 Å². The van der Waals surface area contributed by atoms with Crippen LogP contribution in [0.15, 0.2) is 48.0 Å². The van der Waals surface area contributed by atoms with E-state index in [1.165, 1.54) is 0 Å². The molecule has 7 nitrogen and oxygen atoms in total. The number of benzene rings is 2. The summed E-state index contributed by atoms with van der Waals surface area (Å²) in [6.45, 7) is 14.2. The van der Waals surface area contributed by atoms with Gasteiger partial charge in [0.05, 0.1) is 24.8 Å². The maximum absolute atomic E-state index is 13.4. The number of likely N-dealkylation sites (tertiary alicyclic amines) is 1. The molecule has 0 spiro atoms. The number of hydrogen-bond donors (Lipinski definition) is 1. The van der Waals surface area contributed by atoms with Gasteiger partial charge in [-0.1, -0.05) is 52.7 Å². The fraction of sp³-hybridized carbons (Fsp3) is 0.500. The Bertz CT molecular complexity index is 1140. The number of unbranched alkanes of at least 4 members (excludes halogenated alkanes) is 2. The van der Waals surface area contributed by atoms with Crippen molar-refractivity contribution < 1.29 is 24.2 Å². The Labute approximate surface area is 233 Å². The molecule has 1 amide bonds. The molecule has 1 aliphatic rings. The third kappa shape index (κ3) is 7.41. The van der Waals surface area contributed by atoms with E-state index in [4.69, 9.17) is 9.47 Å². The van der Waals surface area contributed by atoms with Crippen LogP contribution in [0.4, 0.5) is 0 Å². The van der Waals surface area contributed by atoms with E-state index in [0.29, 0.717) is 31.9 Å². The molecule has 212 valence electrons. The Hall–Kier alpha value is -3.32. The molecule has 2 aromatic rings. The molecule has 0 aliphatic carbocycles. The molecule has 1 fully saturated rings. The second-order valence-corrected chi connectivity index (χ2v) is 9.97. The Morgan fingerprint density at radius 2 is 1.64 bits per heavy atom. The number of aryl methyl sites for hydroxylation is 1. The first-order valence-corrected chi connectivity index (χ1v) is 14.3. The predicted octanol–water partition coefficient (Wildman–Crippen LogP) is 6.12. The first-order valence-electron chi connectivity index (χ1n) is 14.3. The third-order valence-corrected chi connectivity index (χ3v) is 7.21. The second kappa shape index (κ2) is 14.7. The van der Waals surface area contributed by atoms with Gasteiger partial charge in [-0.2, -0.15) is 0 Å². The summed E-state index contributed by atoms with van der Waals surface area (Å²) < 4.78 is 11.6. The van der Waals surface area contributed by atoms with Crippen LogP contribution in [0.1, 0.15) is 76.1 Å². The second-order valence-electron chi connectivity index (χ2n) is 9.97. The summed E-state index contributed by atoms with van der Waals surface area (Å²) in [6.07, 6.45) is 4.12. The number of amides is 1. The van der Waals surface area contributed by atoms with Gasteiger partial charge in [0.1, 0.15) is 17.3 Å². The van der Waals surface area contributed by atoms with Gasteiger partial charge in [0.2, 0.25) is 0 Å². The first-order chi connectivity index (χ1) is 18.9. The van der Waals surface area contributed by atoms with E-state index < -0.39 is 17.7 Å². The number of hydrogen-bond acceptors (Lipinski definition) is 6. The number of aliphatic hydroxyl groups excluding tert-OH is 1.